The van der Waals surface area contributed by atoms with E-state index in [0.717, 1.165) is 0 Å². The second kappa shape index (κ2) is 11.6. The summed E-state index contributed by atoms with van der Waals surface area (Å²) in [6, 6.07) is 0. The molecule has 0 aliphatic heterocycles. The van der Waals surface area contributed by atoms with E-state index < -0.39 is 22.8 Å². The van der Waals surface area contributed by atoms with Gasteiger partial charge in [0.25, 0.3) is 0 Å². The van der Waals surface area contributed by atoms with Crippen LogP contribution in [0, 0.1) is 10.8 Å². The maximum atomic E-state index is 11.7. The minimum absolute atomic E-state index is 0. The van der Waals surface area contributed by atoms with E-state index in [2.05, 4.69) is 0 Å². The van der Waals surface area contributed by atoms with Crippen molar-refractivity contribution in [3.63, 3.8) is 0 Å². The van der Waals surface area contributed by atoms with Crippen molar-refractivity contribution in [1.29, 1.82) is 0 Å². The quantitative estimate of drug-likeness (QED) is 0.347. The molecule has 0 amide bonds. The SMILES string of the molecule is CC=CC(C=CC)(C(=O)[O-])C(C=CC)(C=CC)C(=O)[O-].[Li+].[Li+]. The first kappa shape index (κ1) is 26.0. The zero-order valence-electron chi connectivity index (χ0n) is 14.3. The minimum Gasteiger partial charge on any atom is -0.549 e. The van der Waals surface area contributed by atoms with Gasteiger partial charge in [-0.1, -0.05) is 48.6 Å². The number of aliphatic carboxylic acids is 2. The molecule has 6 heteroatoms. The van der Waals surface area contributed by atoms with Crippen LogP contribution in [0.4, 0.5) is 0 Å². The minimum atomic E-state index is -1.85. The van der Waals surface area contributed by atoms with Gasteiger partial charge in [-0.2, -0.15) is 0 Å². The Balaban J connectivity index is -0.00000180. The van der Waals surface area contributed by atoms with Gasteiger partial charge in [0.2, 0.25) is 0 Å². The van der Waals surface area contributed by atoms with E-state index in [1.807, 2.05) is 0 Å². The predicted octanol–water partition coefficient (Wildman–Crippen LogP) is -5.23. The van der Waals surface area contributed by atoms with Crippen LogP contribution in [0.1, 0.15) is 27.7 Å². The summed E-state index contributed by atoms with van der Waals surface area (Å²) in [5.74, 6) is -3.01. The number of rotatable bonds is 7. The normalized spacial score (nSPS) is 17.1. The van der Waals surface area contributed by atoms with Crippen molar-refractivity contribution < 1.29 is 57.5 Å². The molecule has 0 unspecified atom stereocenters. The van der Waals surface area contributed by atoms with Crippen molar-refractivity contribution in [1.82, 2.24) is 0 Å². The molecule has 0 atom stereocenters. The number of hydrogen-bond donors (Lipinski definition) is 0. The van der Waals surface area contributed by atoms with E-state index >= 15 is 0 Å². The number of carboxylic acid groups (broad SMARTS) is 2. The molecule has 0 aromatic carbocycles. The molecule has 22 heavy (non-hydrogen) atoms. The zero-order chi connectivity index (χ0) is 15.8. The smallest absolute Gasteiger partial charge is 0.549 e. The summed E-state index contributed by atoms with van der Waals surface area (Å²) in [4.78, 5) is 23.5. The molecule has 0 heterocycles. The molecule has 0 radical (unpaired) electrons. The zero-order valence-corrected chi connectivity index (χ0v) is 14.3. The molecular formula is C16H20Li2O4. The van der Waals surface area contributed by atoms with Crippen LogP contribution in [0.2, 0.25) is 0 Å². The molecule has 0 spiro atoms. The van der Waals surface area contributed by atoms with Gasteiger partial charge >= 0.3 is 37.7 Å². The maximum absolute atomic E-state index is 11.7. The standard InChI is InChI=1S/C16H22O4.2Li/c1-5-9-15(10-6-2,13(17)18)16(11-7-3,12-8-4)14(19)20;;/h5-12H,1-4H3,(H,17,18)(H,19,20);;/q;2*+1/p-2. The van der Waals surface area contributed by atoms with Crippen molar-refractivity contribution in [3.8, 4) is 0 Å². The number of carbonyl (C=O) groups excluding carboxylic acids is 2. The van der Waals surface area contributed by atoms with Crippen LogP contribution in [0.15, 0.2) is 48.6 Å². The average Bonchev–Trinajstić information content (AvgIpc) is 2.37. The van der Waals surface area contributed by atoms with Crippen molar-refractivity contribution >= 4 is 11.9 Å². The fourth-order valence-corrected chi connectivity index (χ4v) is 2.32. The third kappa shape index (κ3) is 4.80. The molecule has 0 saturated heterocycles. The third-order valence-electron chi connectivity index (χ3n) is 3.08. The molecule has 0 fully saturated rings. The Morgan fingerprint density at radius 3 is 0.909 bits per heavy atom. The first-order chi connectivity index (χ1) is 9.38. The molecule has 0 aromatic rings. The fraction of sp³-hybridized carbons (Fsp3) is 0.375. The van der Waals surface area contributed by atoms with Gasteiger partial charge in [-0.3, -0.25) is 0 Å². The van der Waals surface area contributed by atoms with E-state index in [4.69, 9.17) is 0 Å². The van der Waals surface area contributed by atoms with Gasteiger partial charge in [-0.15, -0.1) is 0 Å². The van der Waals surface area contributed by atoms with Gasteiger partial charge in [0.1, 0.15) is 0 Å². The molecule has 0 rings (SSSR count). The van der Waals surface area contributed by atoms with E-state index in [-0.39, 0.29) is 37.7 Å². The van der Waals surface area contributed by atoms with Gasteiger partial charge in [-0.25, -0.2) is 0 Å². The summed E-state index contributed by atoms with van der Waals surface area (Å²) in [6.07, 6.45) is 11.2. The monoisotopic (exact) mass is 290 g/mol. The molecule has 0 aromatic heterocycles. The van der Waals surface area contributed by atoms with Gasteiger partial charge in [0, 0.05) is 0 Å². The fourth-order valence-electron chi connectivity index (χ4n) is 2.32. The first-order valence-corrected chi connectivity index (χ1v) is 6.36. The molecule has 110 valence electrons. The largest absolute Gasteiger partial charge is 1.00 e. The summed E-state index contributed by atoms with van der Waals surface area (Å²) in [6.45, 7) is 6.47. The summed E-state index contributed by atoms with van der Waals surface area (Å²) < 4.78 is 0. The van der Waals surface area contributed by atoms with Crippen molar-refractivity contribution in [2.45, 2.75) is 27.7 Å². The van der Waals surface area contributed by atoms with Crippen molar-refractivity contribution in [2.24, 2.45) is 10.8 Å². The molecule has 0 aliphatic rings. The Labute approximate surface area is 156 Å². The van der Waals surface area contributed by atoms with Gasteiger partial charge < -0.3 is 19.8 Å². The van der Waals surface area contributed by atoms with Crippen LogP contribution in [0.5, 0.6) is 0 Å². The number of hydrogen-bond acceptors (Lipinski definition) is 4. The first-order valence-electron chi connectivity index (χ1n) is 6.36. The van der Waals surface area contributed by atoms with Gasteiger partial charge in [0.05, 0.1) is 22.8 Å². The second-order valence-corrected chi connectivity index (χ2v) is 4.31. The van der Waals surface area contributed by atoms with E-state index in [1.165, 1.54) is 48.6 Å². The Morgan fingerprint density at radius 1 is 0.636 bits per heavy atom. The van der Waals surface area contributed by atoms with Crippen molar-refractivity contribution in [2.75, 3.05) is 0 Å². The number of carbonyl (C=O) groups is 2. The van der Waals surface area contributed by atoms with Crippen LogP contribution in [0.3, 0.4) is 0 Å². The maximum Gasteiger partial charge on any atom is 1.00 e. The number of allylic oxidation sites excluding steroid dienone is 4. The third-order valence-corrected chi connectivity index (χ3v) is 3.08. The summed E-state index contributed by atoms with van der Waals surface area (Å²) in [5, 5.41) is 23.5. The second-order valence-electron chi connectivity index (χ2n) is 4.31. The van der Waals surface area contributed by atoms with Crippen molar-refractivity contribution in [3.05, 3.63) is 48.6 Å². The summed E-state index contributed by atoms with van der Waals surface area (Å²) in [5.41, 5.74) is -3.71. The Hall–Kier alpha value is -0.905. The predicted molar refractivity (Wildman–Crippen MR) is 74.1 cm³/mol. The molecule has 0 aliphatic carbocycles. The Bertz CT molecular complexity index is 409. The van der Waals surface area contributed by atoms with Gasteiger partial charge in [0.15, 0.2) is 0 Å². The average molecular weight is 290 g/mol. The van der Waals surface area contributed by atoms with E-state index in [9.17, 15) is 19.8 Å². The Kier molecular flexibility index (Phi) is 13.8. The Morgan fingerprint density at radius 2 is 0.818 bits per heavy atom. The van der Waals surface area contributed by atoms with Gasteiger partial charge in [-0.05, 0) is 27.7 Å². The van der Waals surface area contributed by atoms with E-state index in [0.29, 0.717) is 0 Å². The molecular weight excluding hydrogens is 270 g/mol. The summed E-state index contributed by atoms with van der Waals surface area (Å²) >= 11 is 0. The molecule has 0 bridgehead atoms. The summed E-state index contributed by atoms with van der Waals surface area (Å²) in [7, 11) is 0. The van der Waals surface area contributed by atoms with Crippen LogP contribution in [0.25, 0.3) is 0 Å². The van der Waals surface area contributed by atoms with Crippen LogP contribution in [-0.4, -0.2) is 11.9 Å². The molecule has 0 N–H and O–H groups in total. The van der Waals surface area contributed by atoms with Crippen LogP contribution < -0.4 is 47.9 Å². The van der Waals surface area contributed by atoms with Crippen LogP contribution in [-0.2, 0) is 9.59 Å². The topological polar surface area (TPSA) is 80.3 Å². The molecule has 4 nitrogen and oxygen atoms in total. The number of carboxylic acids is 2. The van der Waals surface area contributed by atoms with E-state index in [1.54, 1.807) is 27.7 Å². The molecule has 0 saturated carbocycles. The van der Waals surface area contributed by atoms with Crippen LogP contribution >= 0.6 is 0 Å².